The number of hydrogen-bond donors (Lipinski definition) is 1. The van der Waals surface area contributed by atoms with Crippen LogP contribution in [0.2, 0.25) is 0 Å². The molecule has 0 aromatic rings. The largest absolute Gasteiger partial charge is 0.450 e. The van der Waals surface area contributed by atoms with Crippen molar-refractivity contribution in [1.29, 1.82) is 0 Å². The lowest BCUT2D eigenvalue weighted by Crippen LogP contribution is -2.52. The van der Waals surface area contributed by atoms with Gasteiger partial charge in [0.25, 0.3) is 0 Å². The van der Waals surface area contributed by atoms with Gasteiger partial charge in [0.2, 0.25) is 5.91 Å². The molecule has 0 saturated carbocycles. The summed E-state index contributed by atoms with van der Waals surface area (Å²) in [6.45, 7) is 9.53. The second-order valence-corrected chi connectivity index (χ2v) is 6.48. The van der Waals surface area contributed by atoms with Gasteiger partial charge in [0.05, 0.1) is 25.4 Å². The Morgan fingerprint density at radius 3 is 2.35 bits per heavy atom. The Morgan fingerprint density at radius 2 is 1.78 bits per heavy atom. The Morgan fingerprint density at radius 1 is 1.17 bits per heavy atom. The lowest BCUT2D eigenvalue weighted by molar-refractivity contribution is -0.126. The Labute approximate surface area is 138 Å². The summed E-state index contributed by atoms with van der Waals surface area (Å²) in [6, 6.07) is 0.143. The maximum absolute atomic E-state index is 12.2. The van der Waals surface area contributed by atoms with E-state index in [4.69, 9.17) is 9.47 Å². The number of carbonyl (C=O) groups is 2. The zero-order valence-corrected chi connectivity index (χ0v) is 14.4. The summed E-state index contributed by atoms with van der Waals surface area (Å²) in [5.41, 5.74) is 0. The Hall–Kier alpha value is -1.34. The summed E-state index contributed by atoms with van der Waals surface area (Å²) in [5, 5.41) is 3.09. The van der Waals surface area contributed by atoms with Gasteiger partial charge in [-0.3, -0.25) is 9.69 Å². The summed E-state index contributed by atoms with van der Waals surface area (Å²) >= 11 is 0. The zero-order chi connectivity index (χ0) is 16.8. The third-order valence-corrected chi connectivity index (χ3v) is 4.25. The first-order valence-corrected chi connectivity index (χ1v) is 8.56. The second-order valence-electron chi connectivity index (χ2n) is 6.48. The molecule has 132 valence electrons. The van der Waals surface area contributed by atoms with E-state index in [1.54, 1.807) is 11.8 Å². The minimum absolute atomic E-state index is 0.0564. The smallest absolute Gasteiger partial charge is 0.409 e. The third kappa shape index (κ3) is 5.66. The number of ether oxygens (including phenoxy) is 2. The number of rotatable bonds is 4. The molecule has 2 amide bonds. The average Bonchev–Trinajstić information content (AvgIpc) is 2.47. The van der Waals surface area contributed by atoms with Gasteiger partial charge in [0, 0.05) is 32.2 Å². The number of carbonyl (C=O) groups excluding carboxylic acids is 2. The average molecular weight is 327 g/mol. The standard InChI is InChI=1S/C16H29N3O4/c1-4-22-16(21)19-7-5-14(6-8-19)17-15(20)11-18-9-12(2)23-13(3)10-18/h12-14H,4-11H2,1-3H3,(H,17,20)/t12-,13-/m1/s1. The van der Waals surface area contributed by atoms with Gasteiger partial charge >= 0.3 is 6.09 Å². The molecule has 2 heterocycles. The van der Waals surface area contributed by atoms with Crippen molar-refractivity contribution < 1.29 is 19.1 Å². The topological polar surface area (TPSA) is 71.1 Å². The van der Waals surface area contributed by atoms with Crippen LogP contribution in [0.15, 0.2) is 0 Å². The van der Waals surface area contributed by atoms with Gasteiger partial charge in [-0.15, -0.1) is 0 Å². The highest BCUT2D eigenvalue weighted by atomic mass is 16.6. The minimum atomic E-state index is -0.256. The van der Waals surface area contributed by atoms with E-state index in [1.807, 2.05) is 13.8 Å². The minimum Gasteiger partial charge on any atom is -0.450 e. The molecular formula is C16H29N3O4. The molecule has 0 radical (unpaired) electrons. The molecule has 0 spiro atoms. The van der Waals surface area contributed by atoms with Gasteiger partial charge in [-0.25, -0.2) is 4.79 Å². The molecule has 23 heavy (non-hydrogen) atoms. The molecule has 7 nitrogen and oxygen atoms in total. The van der Waals surface area contributed by atoms with Crippen molar-refractivity contribution in [2.45, 2.75) is 51.9 Å². The van der Waals surface area contributed by atoms with E-state index in [0.717, 1.165) is 25.9 Å². The molecule has 2 fully saturated rings. The van der Waals surface area contributed by atoms with E-state index in [2.05, 4.69) is 10.2 Å². The van der Waals surface area contributed by atoms with E-state index in [-0.39, 0.29) is 30.3 Å². The Balaban J connectivity index is 1.69. The lowest BCUT2D eigenvalue weighted by Gasteiger charge is -2.35. The molecule has 0 aliphatic carbocycles. The molecule has 0 unspecified atom stereocenters. The fraction of sp³-hybridized carbons (Fsp3) is 0.875. The van der Waals surface area contributed by atoms with E-state index in [9.17, 15) is 9.59 Å². The van der Waals surface area contributed by atoms with E-state index >= 15 is 0 Å². The van der Waals surface area contributed by atoms with Crippen LogP contribution in [0.5, 0.6) is 0 Å². The van der Waals surface area contributed by atoms with Crippen LogP contribution in [0, 0.1) is 0 Å². The number of morpholine rings is 1. The second kappa shape index (κ2) is 8.49. The van der Waals surface area contributed by atoms with Crippen LogP contribution in [0.4, 0.5) is 4.79 Å². The number of nitrogens with zero attached hydrogens (tertiary/aromatic N) is 2. The SMILES string of the molecule is CCOC(=O)N1CCC(NC(=O)CN2C[C@@H](C)O[C@H](C)C2)CC1. The van der Waals surface area contributed by atoms with Crippen LogP contribution in [-0.2, 0) is 14.3 Å². The van der Waals surface area contributed by atoms with Crippen LogP contribution in [0.3, 0.4) is 0 Å². The summed E-state index contributed by atoms with van der Waals surface area (Å²) in [5.74, 6) is 0.0564. The first-order valence-electron chi connectivity index (χ1n) is 8.56. The van der Waals surface area contributed by atoms with Gasteiger partial charge in [-0.1, -0.05) is 0 Å². The van der Waals surface area contributed by atoms with Crippen molar-refractivity contribution >= 4 is 12.0 Å². The number of likely N-dealkylation sites (tertiary alicyclic amines) is 1. The number of nitrogens with one attached hydrogen (secondary N) is 1. The van der Waals surface area contributed by atoms with Gasteiger partial charge < -0.3 is 19.7 Å². The molecule has 2 saturated heterocycles. The van der Waals surface area contributed by atoms with Crippen LogP contribution in [0.25, 0.3) is 0 Å². The summed E-state index contributed by atoms with van der Waals surface area (Å²) in [6.07, 6.45) is 1.63. The lowest BCUT2D eigenvalue weighted by atomic mass is 10.1. The first-order chi connectivity index (χ1) is 11.0. The fourth-order valence-corrected chi connectivity index (χ4v) is 3.31. The molecular weight excluding hydrogens is 298 g/mol. The van der Waals surface area contributed by atoms with E-state index in [0.29, 0.717) is 26.2 Å². The molecule has 7 heteroatoms. The molecule has 2 aliphatic rings. The van der Waals surface area contributed by atoms with Crippen LogP contribution in [0.1, 0.15) is 33.6 Å². The predicted octanol–water partition coefficient (Wildman–Crippen LogP) is 0.833. The zero-order valence-electron chi connectivity index (χ0n) is 14.4. The predicted molar refractivity (Wildman–Crippen MR) is 86.2 cm³/mol. The van der Waals surface area contributed by atoms with Gasteiger partial charge in [-0.2, -0.15) is 0 Å². The van der Waals surface area contributed by atoms with Crippen molar-refractivity contribution in [2.24, 2.45) is 0 Å². The van der Waals surface area contributed by atoms with Crippen molar-refractivity contribution in [1.82, 2.24) is 15.1 Å². The molecule has 2 aliphatic heterocycles. The highest BCUT2D eigenvalue weighted by Crippen LogP contribution is 2.13. The Bertz CT molecular complexity index is 400. The first kappa shape index (κ1) is 18.0. The molecule has 0 aromatic heterocycles. The molecule has 1 N–H and O–H groups in total. The highest BCUT2D eigenvalue weighted by molar-refractivity contribution is 5.78. The van der Waals surface area contributed by atoms with E-state index < -0.39 is 0 Å². The number of piperidine rings is 1. The molecule has 2 atom stereocenters. The van der Waals surface area contributed by atoms with Crippen molar-refractivity contribution in [3.8, 4) is 0 Å². The number of hydrogen-bond acceptors (Lipinski definition) is 5. The molecule has 2 rings (SSSR count). The third-order valence-electron chi connectivity index (χ3n) is 4.25. The maximum atomic E-state index is 12.2. The summed E-state index contributed by atoms with van der Waals surface area (Å²) in [7, 11) is 0. The van der Waals surface area contributed by atoms with Gasteiger partial charge in [0.15, 0.2) is 0 Å². The summed E-state index contributed by atoms with van der Waals surface area (Å²) < 4.78 is 10.7. The van der Waals surface area contributed by atoms with Crippen LogP contribution in [-0.4, -0.2) is 79.4 Å². The highest BCUT2D eigenvalue weighted by Gasteiger charge is 2.27. The van der Waals surface area contributed by atoms with E-state index in [1.165, 1.54) is 0 Å². The molecule has 0 bridgehead atoms. The molecule has 0 aromatic carbocycles. The van der Waals surface area contributed by atoms with Crippen LogP contribution >= 0.6 is 0 Å². The normalized spacial score (nSPS) is 26.8. The fourth-order valence-electron chi connectivity index (χ4n) is 3.31. The summed E-state index contributed by atoms with van der Waals surface area (Å²) in [4.78, 5) is 27.7. The monoisotopic (exact) mass is 327 g/mol. The van der Waals surface area contributed by atoms with Gasteiger partial charge in [-0.05, 0) is 33.6 Å². The maximum Gasteiger partial charge on any atom is 0.409 e. The Kier molecular flexibility index (Phi) is 6.65. The van der Waals surface area contributed by atoms with Gasteiger partial charge in [0.1, 0.15) is 0 Å². The quantitative estimate of drug-likeness (QED) is 0.828. The van der Waals surface area contributed by atoms with Crippen molar-refractivity contribution in [3.05, 3.63) is 0 Å². The number of amides is 2. The van der Waals surface area contributed by atoms with Crippen molar-refractivity contribution in [3.63, 3.8) is 0 Å². The van der Waals surface area contributed by atoms with Crippen molar-refractivity contribution in [2.75, 3.05) is 39.3 Å². The van der Waals surface area contributed by atoms with Crippen LogP contribution < -0.4 is 5.32 Å².